The highest BCUT2D eigenvalue weighted by Crippen LogP contribution is 2.32. The summed E-state index contributed by atoms with van der Waals surface area (Å²) in [6.45, 7) is -1.09. The second-order valence-corrected chi connectivity index (χ2v) is 3.22. The monoisotopic (exact) mass is 270 g/mol. The summed E-state index contributed by atoms with van der Waals surface area (Å²) in [7, 11) is 0. The van der Waals surface area contributed by atoms with Gasteiger partial charge in [0.15, 0.2) is 0 Å². The Bertz CT molecular complexity index is 442. The maximum absolute atomic E-state index is 12.3. The van der Waals surface area contributed by atoms with Crippen molar-refractivity contribution >= 4 is 5.97 Å². The Morgan fingerprint density at radius 2 is 1.94 bits per heavy atom. The Morgan fingerprint density at radius 1 is 1.33 bits per heavy atom. The molecule has 0 spiro atoms. The van der Waals surface area contributed by atoms with E-state index in [2.05, 4.69) is 4.74 Å². The highest BCUT2D eigenvalue weighted by molar-refractivity contribution is 5.91. The number of aromatic carboxylic acids is 1. The standard InChI is InChI=1S/C10H7F5O3/c11-8(12)4-18-7-2-1-5(10(13,14)15)3-6(7)9(16)17/h1-3,8H,4H2,(H,16,17). The number of ether oxygens (including phenoxy) is 1. The molecule has 0 amide bonds. The van der Waals surface area contributed by atoms with E-state index in [1.54, 1.807) is 0 Å². The van der Waals surface area contributed by atoms with E-state index >= 15 is 0 Å². The Morgan fingerprint density at radius 3 is 2.39 bits per heavy atom. The summed E-state index contributed by atoms with van der Waals surface area (Å²) >= 11 is 0. The quantitative estimate of drug-likeness (QED) is 0.855. The topological polar surface area (TPSA) is 46.5 Å². The molecule has 0 heterocycles. The van der Waals surface area contributed by atoms with Crippen molar-refractivity contribution in [3.63, 3.8) is 0 Å². The number of carbonyl (C=O) groups is 1. The third-order valence-corrected chi connectivity index (χ3v) is 1.90. The second-order valence-electron chi connectivity index (χ2n) is 3.22. The molecule has 0 bridgehead atoms. The zero-order chi connectivity index (χ0) is 13.9. The van der Waals surface area contributed by atoms with E-state index in [1.807, 2.05) is 0 Å². The molecule has 0 saturated carbocycles. The molecule has 0 radical (unpaired) electrons. The number of carboxylic acids is 1. The lowest BCUT2D eigenvalue weighted by molar-refractivity contribution is -0.137. The third-order valence-electron chi connectivity index (χ3n) is 1.90. The van der Waals surface area contributed by atoms with Crippen LogP contribution in [-0.2, 0) is 6.18 Å². The van der Waals surface area contributed by atoms with Crippen molar-refractivity contribution in [3.05, 3.63) is 29.3 Å². The molecule has 0 aromatic heterocycles. The van der Waals surface area contributed by atoms with Gasteiger partial charge in [0.05, 0.1) is 5.56 Å². The number of hydrogen-bond acceptors (Lipinski definition) is 2. The fraction of sp³-hybridized carbons (Fsp3) is 0.300. The van der Waals surface area contributed by atoms with E-state index in [-0.39, 0.29) is 0 Å². The zero-order valence-electron chi connectivity index (χ0n) is 8.67. The third kappa shape index (κ3) is 3.57. The maximum atomic E-state index is 12.3. The van der Waals surface area contributed by atoms with Crippen LogP contribution in [0.1, 0.15) is 15.9 Å². The minimum Gasteiger partial charge on any atom is -0.487 e. The van der Waals surface area contributed by atoms with Gasteiger partial charge in [-0.3, -0.25) is 0 Å². The van der Waals surface area contributed by atoms with Crippen LogP contribution in [0.5, 0.6) is 5.75 Å². The van der Waals surface area contributed by atoms with Crippen LogP contribution in [0.15, 0.2) is 18.2 Å². The number of carboxylic acid groups (broad SMARTS) is 1. The Kier molecular flexibility index (Phi) is 4.10. The lowest BCUT2D eigenvalue weighted by atomic mass is 10.1. The molecule has 3 nitrogen and oxygen atoms in total. The van der Waals surface area contributed by atoms with E-state index in [1.165, 1.54) is 0 Å². The van der Waals surface area contributed by atoms with Crippen LogP contribution in [0.4, 0.5) is 22.0 Å². The molecule has 100 valence electrons. The van der Waals surface area contributed by atoms with Crippen LogP contribution < -0.4 is 4.74 Å². The van der Waals surface area contributed by atoms with Crippen LogP contribution >= 0.6 is 0 Å². The molecule has 1 aromatic carbocycles. The summed E-state index contributed by atoms with van der Waals surface area (Å²) in [5.41, 5.74) is -2.00. The fourth-order valence-electron chi connectivity index (χ4n) is 1.15. The maximum Gasteiger partial charge on any atom is 0.416 e. The first-order valence-corrected chi connectivity index (χ1v) is 4.57. The molecule has 0 aliphatic carbocycles. The van der Waals surface area contributed by atoms with Crippen LogP contribution in [0.25, 0.3) is 0 Å². The molecule has 1 rings (SSSR count). The predicted octanol–water partition coefficient (Wildman–Crippen LogP) is 3.05. The molecule has 0 saturated heterocycles. The Hall–Kier alpha value is -1.86. The van der Waals surface area contributed by atoms with Crippen molar-refractivity contribution in [1.82, 2.24) is 0 Å². The summed E-state index contributed by atoms with van der Waals surface area (Å²) in [6, 6.07) is 1.60. The van der Waals surface area contributed by atoms with Gasteiger partial charge in [-0.15, -0.1) is 0 Å². The molecular formula is C10H7F5O3. The van der Waals surface area contributed by atoms with Crippen LogP contribution in [0.2, 0.25) is 0 Å². The normalized spacial score (nSPS) is 11.7. The first-order chi connectivity index (χ1) is 8.21. The van der Waals surface area contributed by atoms with Crippen molar-refractivity contribution in [3.8, 4) is 5.75 Å². The summed E-state index contributed by atoms with van der Waals surface area (Å²) < 4.78 is 65.1. The van der Waals surface area contributed by atoms with Crippen molar-refractivity contribution in [1.29, 1.82) is 0 Å². The number of hydrogen-bond donors (Lipinski definition) is 1. The van der Waals surface area contributed by atoms with Crippen molar-refractivity contribution in [2.24, 2.45) is 0 Å². The zero-order valence-corrected chi connectivity index (χ0v) is 8.67. The fourth-order valence-corrected chi connectivity index (χ4v) is 1.15. The van der Waals surface area contributed by atoms with E-state index in [4.69, 9.17) is 5.11 Å². The van der Waals surface area contributed by atoms with Gasteiger partial charge in [-0.2, -0.15) is 13.2 Å². The predicted molar refractivity (Wildman–Crippen MR) is 49.9 cm³/mol. The van der Waals surface area contributed by atoms with Gasteiger partial charge in [-0.1, -0.05) is 0 Å². The van der Waals surface area contributed by atoms with Gasteiger partial charge in [0.2, 0.25) is 0 Å². The summed E-state index contributed by atoms with van der Waals surface area (Å²) in [5, 5.41) is 8.69. The Balaban J connectivity index is 3.09. The molecule has 1 N–H and O–H groups in total. The smallest absolute Gasteiger partial charge is 0.416 e. The number of halogens is 5. The number of rotatable bonds is 4. The largest absolute Gasteiger partial charge is 0.487 e. The van der Waals surface area contributed by atoms with Gasteiger partial charge >= 0.3 is 12.1 Å². The average molecular weight is 270 g/mol. The summed E-state index contributed by atoms with van der Waals surface area (Å²) in [5.74, 6) is -2.22. The molecule has 8 heteroatoms. The van der Waals surface area contributed by atoms with Gasteiger partial charge in [-0.05, 0) is 18.2 Å². The molecule has 0 unspecified atom stereocenters. The minimum absolute atomic E-state index is 0.336. The summed E-state index contributed by atoms with van der Waals surface area (Å²) in [6.07, 6.45) is -7.57. The van der Waals surface area contributed by atoms with Crippen molar-refractivity contribution < 1.29 is 36.6 Å². The molecule has 18 heavy (non-hydrogen) atoms. The second kappa shape index (κ2) is 5.19. The van der Waals surface area contributed by atoms with E-state index in [0.29, 0.717) is 18.2 Å². The van der Waals surface area contributed by atoms with E-state index < -0.39 is 42.1 Å². The van der Waals surface area contributed by atoms with E-state index in [0.717, 1.165) is 0 Å². The lowest BCUT2D eigenvalue weighted by Gasteiger charge is -2.12. The highest BCUT2D eigenvalue weighted by atomic mass is 19.4. The molecule has 0 aliphatic rings. The van der Waals surface area contributed by atoms with Crippen molar-refractivity contribution in [2.45, 2.75) is 12.6 Å². The van der Waals surface area contributed by atoms with Gasteiger partial charge in [0, 0.05) is 0 Å². The van der Waals surface area contributed by atoms with E-state index in [9.17, 15) is 26.7 Å². The van der Waals surface area contributed by atoms with Crippen molar-refractivity contribution in [2.75, 3.05) is 6.61 Å². The van der Waals surface area contributed by atoms with Crippen LogP contribution in [0, 0.1) is 0 Å². The highest BCUT2D eigenvalue weighted by Gasteiger charge is 2.32. The van der Waals surface area contributed by atoms with Gasteiger partial charge in [0.25, 0.3) is 6.43 Å². The first-order valence-electron chi connectivity index (χ1n) is 4.57. The minimum atomic E-state index is -4.72. The number of benzene rings is 1. The van der Waals surface area contributed by atoms with Gasteiger partial charge in [0.1, 0.15) is 17.9 Å². The first kappa shape index (κ1) is 14.2. The molecule has 1 aromatic rings. The molecule has 0 aliphatic heterocycles. The average Bonchev–Trinajstić information content (AvgIpc) is 2.24. The van der Waals surface area contributed by atoms with Gasteiger partial charge < -0.3 is 9.84 Å². The Labute approximate surface area is 97.8 Å². The van der Waals surface area contributed by atoms with Crippen LogP contribution in [-0.4, -0.2) is 24.1 Å². The number of alkyl halides is 5. The SMILES string of the molecule is O=C(O)c1cc(C(F)(F)F)ccc1OCC(F)F. The molecular weight excluding hydrogens is 263 g/mol. The van der Waals surface area contributed by atoms with Gasteiger partial charge in [-0.25, -0.2) is 13.6 Å². The molecule has 0 fully saturated rings. The summed E-state index contributed by atoms with van der Waals surface area (Å²) in [4.78, 5) is 10.7. The lowest BCUT2D eigenvalue weighted by Crippen LogP contribution is -2.12. The molecule has 0 atom stereocenters. The van der Waals surface area contributed by atoms with Crippen LogP contribution in [0.3, 0.4) is 0 Å².